The fraction of sp³-hybridized carbons (Fsp3) is 0.524. The average molecular weight is 349 g/mol. The van der Waals surface area contributed by atoms with E-state index in [4.69, 9.17) is 16.5 Å². The van der Waals surface area contributed by atoms with Gasteiger partial charge in [0.25, 0.3) is 0 Å². The van der Waals surface area contributed by atoms with Crippen LogP contribution in [0.4, 0.5) is 5.82 Å². The number of nitrogen functional groups attached to an aromatic ring is 1. The zero-order chi connectivity index (χ0) is 17.9. The smallest absolute Gasteiger partial charge is 0.152 e. The van der Waals surface area contributed by atoms with Gasteiger partial charge in [0.15, 0.2) is 5.82 Å². The lowest BCUT2D eigenvalue weighted by atomic mass is 9.35. The van der Waals surface area contributed by atoms with E-state index in [1.54, 1.807) is 0 Å². The molecular weight excluding hydrogens is 322 g/mol. The number of hydrogen-bond acceptors (Lipinski definition) is 4. The number of para-hydroxylation sites is 1. The van der Waals surface area contributed by atoms with Crippen LogP contribution < -0.4 is 11.5 Å². The molecule has 2 bridgehead atoms. The zero-order valence-electron chi connectivity index (χ0n) is 15.5. The molecule has 1 aromatic carbocycles. The van der Waals surface area contributed by atoms with Crippen LogP contribution in [0.3, 0.4) is 0 Å². The van der Waals surface area contributed by atoms with Gasteiger partial charge in [0.2, 0.25) is 0 Å². The number of rotatable bonds is 6. The van der Waals surface area contributed by atoms with Crippen LogP contribution in [0.15, 0.2) is 24.3 Å². The zero-order valence-corrected chi connectivity index (χ0v) is 15.5. The Hall–Kier alpha value is -2.14. The minimum Gasteiger partial charge on any atom is -0.382 e. The molecule has 0 atom stereocenters. The molecule has 6 rings (SSSR count). The lowest BCUT2D eigenvalue weighted by Crippen LogP contribution is -2.66. The van der Waals surface area contributed by atoms with Crippen LogP contribution in [-0.4, -0.2) is 21.1 Å². The number of benzene rings is 1. The number of pyridine rings is 1. The maximum atomic E-state index is 6.29. The van der Waals surface area contributed by atoms with E-state index < -0.39 is 0 Å². The van der Waals surface area contributed by atoms with E-state index in [0.29, 0.717) is 16.6 Å². The average Bonchev–Trinajstić information content (AvgIpc) is 2.94. The van der Waals surface area contributed by atoms with Crippen molar-refractivity contribution >= 4 is 27.8 Å². The summed E-state index contributed by atoms with van der Waals surface area (Å²) in [5, 5.41) is 1.16. The van der Waals surface area contributed by atoms with E-state index in [1.807, 2.05) is 12.1 Å². The summed E-state index contributed by atoms with van der Waals surface area (Å²) in [5.74, 6) is 1.71. The monoisotopic (exact) mass is 349 g/mol. The predicted octanol–water partition coefficient (Wildman–Crippen LogP) is 3.64. The Morgan fingerprint density at radius 1 is 1.12 bits per heavy atom. The molecule has 2 heterocycles. The van der Waals surface area contributed by atoms with Gasteiger partial charge in [-0.15, -0.1) is 0 Å². The van der Waals surface area contributed by atoms with Crippen LogP contribution in [0, 0.1) is 10.8 Å². The quantitative estimate of drug-likeness (QED) is 0.712. The van der Waals surface area contributed by atoms with Crippen LogP contribution in [0.5, 0.6) is 0 Å². The number of aryl methyl sites for hydroxylation is 1. The van der Waals surface area contributed by atoms with Crippen LogP contribution in [0.25, 0.3) is 21.9 Å². The first-order valence-corrected chi connectivity index (χ1v) is 9.82. The molecule has 0 spiro atoms. The summed E-state index contributed by atoms with van der Waals surface area (Å²) in [5.41, 5.74) is 16.1. The Kier molecular flexibility index (Phi) is 3.35. The summed E-state index contributed by atoms with van der Waals surface area (Å²) < 4.78 is 2.46. The van der Waals surface area contributed by atoms with Crippen LogP contribution >= 0.6 is 0 Å². The van der Waals surface area contributed by atoms with E-state index in [9.17, 15) is 0 Å². The number of aromatic nitrogens is 3. The standard InChI is InChI=1S/C21H27N5/c1-2-3-8-16-25-17-18(14-6-4-5-7-15(14)24-19(17)23)26(16)13-21-9-20(10-21,11-21)12-22/h4-7H,2-3,8-13,22H2,1H3,(H2,23,24). The number of anilines is 1. The van der Waals surface area contributed by atoms with Crippen molar-refractivity contribution in [2.24, 2.45) is 16.6 Å². The van der Waals surface area contributed by atoms with Gasteiger partial charge < -0.3 is 16.0 Å². The molecule has 0 unspecified atom stereocenters. The maximum absolute atomic E-state index is 6.29. The second-order valence-electron chi connectivity index (χ2n) is 8.66. The van der Waals surface area contributed by atoms with Gasteiger partial charge in [0, 0.05) is 18.4 Å². The van der Waals surface area contributed by atoms with E-state index >= 15 is 0 Å². The summed E-state index contributed by atoms with van der Waals surface area (Å²) in [7, 11) is 0. The van der Waals surface area contributed by atoms with E-state index in [0.717, 1.165) is 42.4 Å². The maximum Gasteiger partial charge on any atom is 0.152 e. The molecule has 26 heavy (non-hydrogen) atoms. The summed E-state index contributed by atoms with van der Waals surface area (Å²) in [6, 6.07) is 8.28. The fourth-order valence-electron chi connectivity index (χ4n) is 5.55. The third-order valence-corrected chi connectivity index (χ3v) is 6.62. The minimum absolute atomic E-state index is 0.424. The SMILES string of the molecule is CCCCc1nc2c(N)nc3ccccc3c2n1CC12CC(CN)(C1)C2. The van der Waals surface area contributed by atoms with E-state index in [-0.39, 0.29) is 0 Å². The summed E-state index contributed by atoms with van der Waals surface area (Å²) in [6.07, 6.45) is 7.11. The first-order valence-electron chi connectivity index (χ1n) is 9.82. The first kappa shape index (κ1) is 16.1. The predicted molar refractivity (Wildman–Crippen MR) is 106 cm³/mol. The molecule has 3 aromatic rings. The highest BCUT2D eigenvalue weighted by atomic mass is 15.1. The van der Waals surface area contributed by atoms with Crippen molar-refractivity contribution in [3.63, 3.8) is 0 Å². The largest absolute Gasteiger partial charge is 0.382 e. The molecule has 5 nitrogen and oxygen atoms in total. The van der Waals surface area contributed by atoms with E-state index in [1.165, 1.54) is 37.0 Å². The third kappa shape index (κ3) is 2.13. The Balaban J connectivity index is 1.66. The first-order chi connectivity index (χ1) is 12.6. The number of imidazole rings is 1. The lowest BCUT2D eigenvalue weighted by molar-refractivity contribution is -0.204. The number of unbranched alkanes of at least 4 members (excludes halogenated alkanes) is 1. The molecule has 2 aromatic heterocycles. The van der Waals surface area contributed by atoms with E-state index in [2.05, 4.69) is 28.6 Å². The number of fused-ring (bicyclic) bond motifs is 3. The van der Waals surface area contributed by atoms with Crippen molar-refractivity contribution in [1.29, 1.82) is 0 Å². The second kappa shape index (κ2) is 5.43. The summed E-state index contributed by atoms with van der Waals surface area (Å²) in [6.45, 7) is 4.10. The highest BCUT2D eigenvalue weighted by Crippen LogP contribution is 2.73. The molecule has 0 radical (unpaired) electrons. The molecule has 5 heteroatoms. The third-order valence-electron chi connectivity index (χ3n) is 6.62. The summed E-state index contributed by atoms with van der Waals surface area (Å²) in [4.78, 5) is 9.54. The van der Waals surface area contributed by atoms with Gasteiger partial charge in [-0.25, -0.2) is 9.97 Å². The van der Waals surface area contributed by atoms with Crippen molar-refractivity contribution in [3.05, 3.63) is 30.1 Å². The highest BCUT2D eigenvalue weighted by Gasteiger charge is 2.66. The van der Waals surface area contributed by atoms with Crippen molar-refractivity contribution in [3.8, 4) is 0 Å². The van der Waals surface area contributed by atoms with Gasteiger partial charge in [0.1, 0.15) is 11.3 Å². The molecule has 3 saturated carbocycles. The molecule has 136 valence electrons. The molecule has 3 aliphatic carbocycles. The Morgan fingerprint density at radius 3 is 2.62 bits per heavy atom. The lowest BCUT2D eigenvalue weighted by Gasteiger charge is -2.71. The van der Waals surface area contributed by atoms with Gasteiger partial charge in [0.05, 0.1) is 11.0 Å². The van der Waals surface area contributed by atoms with Gasteiger partial charge in [-0.05, 0) is 49.1 Å². The molecule has 3 aliphatic rings. The molecule has 0 amide bonds. The molecular formula is C21H27N5. The number of hydrogen-bond donors (Lipinski definition) is 2. The second-order valence-corrected chi connectivity index (χ2v) is 8.66. The molecule has 0 aliphatic heterocycles. The topological polar surface area (TPSA) is 82.8 Å². The van der Waals surface area contributed by atoms with Crippen molar-refractivity contribution in [2.45, 2.75) is 52.0 Å². The van der Waals surface area contributed by atoms with Gasteiger partial charge in [-0.1, -0.05) is 31.5 Å². The van der Waals surface area contributed by atoms with Crippen molar-refractivity contribution in [1.82, 2.24) is 14.5 Å². The Labute approximate surface area is 153 Å². The summed E-state index contributed by atoms with van der Waals surface area (Å²) >= 11 is 0. The minimum atomic E-state index is 0.424. The molecule has 0 saturated heterocycles. The molecule has 3 fully saturated rings. The Bertz CT molecular complexity index is 983. The number of nitrogens with zero attached hydrogens (tertiary/aromatic N) is 3. The van der Waals surface area contributed by atoms with Crippen LogP contribution in [0.2, 0.25) is 0 Å². The van der Waals surface area contributed by atoms with Gasteiger partial charge in [-0.3, -0.25) is 0 Å². The van der Waals surface area contributed by atoms with Gasteiger partial charge >= 0.3 is 0 Å². The number of nitrogens with two attached hydrogens (primary N) is 2. The highest BCUT2D eigenvalue weighted by molar-refractivity contribution is 6.06. The van der Waals surface area contributed by atoms with Crippen molar-refractivity contribution < 1.29 is 0 Å². The normalized spacial score (nSPS) is 26.8. The van der Waals surface area contributed by atoms with Gasteiger partial charge in [-0.2, -0.15) is 0 Å². The Morgan fingerprint density at radius 2 is 1.88 bits per heavy atom. The van der Waals surface area contributed by atoms with Crippen LogP contribution in [-0.2, 0) is 13.0 Å². The van der Waals surface area contributed by atoms with Crippen LogP contribution in [0.1, 0.15) is 44.9 Å². The van der Waals surface area contributed by atoms with Crippen molar-refractivity contribution in [2.75, 3.05) is 12.3 Å². The molecule has 4 N–H and O–H groups in total. The fourth-order valence-corrected chi connectivity index (χ4v) is 5.55.